The number of hydrogen-bond acceptors (Lipinski definition) is 6. The smallest absolute Gasteiger partial charge is 0.355 e. The quantitative estimate of drug-likeness (QED) is 0.797. The number of rotatable bonds is 4. The van der Waals surface area contributed by atoms with E-state index in [9.17, 15) is 14.4 Å². The maximum atomic E-state index is 12.5. The number of Topliss-reactive ketones (excluding diaryl/α,β-unsaturated/α-hetero) is 1. The standard InChI is InChI=1S/C19H23N3O5/c1-9-6-14(27-22-9)21-17(24)11(3)26-18(25)16-10(2)15-12(20-16)7-19(4,5)8-13(15)23/h6,11,20H,7-8H2,1-5H3,(H,21,24)/t11-/m1/s1. The van der Waals surface area contributed by atoms with Gasteiger partial charge in [0.25, 0.3) is 5.91 Å². The molecule has 2 heterocycles. The van der Waals surface area contributed by atoms with E-state index in [-0.39, 0.29) is 22.8 Å². The Morgan fingerprint density at radius 1 is 1.33 bits per heavy atom. The van der Waals surface area contributed by atoms with Gasteiger partial charge in [0.15, 0.2) is 11.9 Å². The molecule has 3 rings (SSSR count). The topological polar surface area (TPSA) is 114 Å². The van der Waals surface area contributed by atoms with Crippen LogP contribution in [0.5, 0.6) is 0 Å². The van der Waals surface area contributed by atoms with Crippen molar-refractivity contribution in [2.24, 2.45) is 5.41 Å². The Morgan fingerprint density at radius 2 is 2.04 bits per heavy atom. The summed E-state index contributed by atoms with van der Waals surface area (Å²) in [4.78, 5) is 40.2. The molecule has 0 aliphatic heterocycles. The van der Waals surface area contributed by atoms with Gasteiger partial charge in [0.05, 0.1) is 5.69 Å². The second-order valence-electron chi connectivity index (χ2n) is 7.79. The molecule has 1 aliphatic rings. The minimum Gasteiger partial charge on any atom is -0.448 e. The zero-order valence-corrected chi connectivity index (χ0v) is 16.1. The SMILES string of the molecule is Cc1cc(NC(=O)[C@@H](C)OC(=O)c2[nH]c3c(c2C)C(=O)CC(C)(C)C3)on1. The molecule has 0 fully saturated rings. The number of hydrogen-bond donors (Lipinski definition) is 2. The predicted molar refractivity (Wildman–Crippen MR) is 96.7 cm³/mol. The zero-order valence-electron chi connectivity index (χ0n) is 16.1. The first kappa shape index (κ1) is 18.9. The van der Waals surface area contributed by atoms with Crippen LogP contribution < -0.4 is 5.32 Å². The van der Waals surface area contributed by atoms with Gasteiger partial charge in [0.1, 0.15) is 5.69 Å². The van der Waals surface area contributed by atoms with Crippen LogP contribution in [0.15, 0.2) is 10.6 Å². The van der Waals surface area contributed by atoms with Crippen LogP contribution in [0.4, 0.5) is 5.88 Å². The van der Waals surface area contributed by atoms with Crippen LogP contribution in [0.2, 0.25) is 0 Å². The lowest BCUT2D eigenvalue weighted by Crippen LogP contribution is -2.30. The fraction of sp³-hybridized carbons (Fsp3) is 0.474. The van der Waals surface area contributed by atoms with Gasteiger partial charge in [-0.15, -0.1) is 0 Å². The summed E-state index contributed by atoms with van der Waals surface area (Å²) in [5.41, 5.74) is 2.54. The van der Waals surface area contributed by atoms with Gasteiger partial charge >= 0.3 is 5.97 Å². The fourth-order valence-corrected chi connectivity index (χ4v) is 3.36. The second-order valence-corrected chi connectivity index (χ2v) is 7.79. The molecule has 144 valence electrons. The predicted octanol–water partition coefficient (Wildman–Crippen LogP) is 2.96. The summed E-state index contributed by atoms with van der Waals surface area (Å²) in [5.74, 6) is -1.02. The normalized spacial score (nSPS) is 16.6. The first-order valence-corrected chi connectivity index (χ1v) is 8.77. The summed E-state index contributed by atoms with van der Waals surface area (Å²) < 4.78 is 10.2. The number of ketones is 1. The highest BCUT2D eigenvalue weighted by Gasteiger charge is 2.36. The Morgan fingerprint density at radius 3 is 2.67 bits per heavy atom. The third-order valence-electron chi connectivity index (χ3n) is 4.63. The molecule has 1 atom stereocenters. The Balaban J connectivity index is 1.73. The van der Waals surface area contributed by atoms with Crippen molar-refractivity contribution in [1.82, 2.24) is 10.1 Å². The first-order valence-electron chi connectivity index (χ1n) is 8.77. The molecule has 1 amide bonds. The van der Waals surface area contributed by atoms with Crippen LogP contribution in [0.25, 0.3) is 0 Å². The minimum atomic E-state index is -1.05. The summed E-state index contributed by atoms with van der Waals surface area (Å²) in [6.07, 6.45) is 0.0563. The van der Waals surface area contributed by atoms with Crippen molar-refractivity contribution in [3.05, 3.63) is 34.3 Å². The zero-order chi connectivity index (χ0) is 19.9. The third-order valence-corrected chi connectivity index (χ3v) is 4.63. The molecule has 0 saturated carbocycles. The number of amides is 1. The highest BCUT2D eigenvalue weighted by molar-refractivity contribution is 6.04. The molecule has 27 heavy (non-hydrogen) atoms. The molecular weight excluding hydrogens is 350 g/mol. The number of aromatic nitrogens is 2. The van der Waals surface area contributed by atoms with Gasteiger partial charge < -0.3 is 14.2 Å². The van der Waals surface area contributed by atoms with Crippen LogP contribution in [0.3, 0.4) is 0 Å². The molecule has 2 aromatic heterocycles. The van der Waals surface area contributed by atoms with Gasteiger partial charge in [-0.3, -0.25) is 14.9 Å². The molecule has 2 aromatic rings. The van der Waals surface area contributed by atoms with Gasteiger partial charge in [-0.25, -0.2) is 4.79 Å². The van der Waals surface area contributed by atoms with Crippen molar-refractivity contribution in [1.29, 1.82) is 0 Å². The maximum absolute atomic E-state index is 12.5. The Kier molecular flexibility index (Phi) is 4.67. The molecular formula is C19H23N3O5. The second kappa shape index (κ2) is 6.68. The molecule has 0 saturated heterocycles. The van der Waals surface area contributed by atoms with E-state index in [0.717, 1.165) is 5.69 Å². The number of H-pyrrole nitrogens is 1. The lowest BCUT2D eigenvalue weighted by atomic mass is 9.75. The molecule has 8 heteroatoms. The molecule has 1 aliphatic carbocycles. The van der Waals surface area contributed by atoms with Crippen LogP contribution in [0.1, 0.15) is 65.0 Å². The van der Waals surface area contributed by atoms with Crippen LogP contribution in [-0.4, -0.2) is 33.9 Å². The van der Waals surface area contributed by atoms with Crippen LogP contribution >= 0.6 is 0 Å². The van der Waals surface area contributed by atoms with E-state index in [2.05, 4.69) is 15.5 Å². The van der Waals surface area contributed by atoms with E-state index in [1.54, 1.807) is 19.9 Å². The average molecular weight is 373 g/mol. The number of fused-ring (bicyclic) bond motifs is 1. The Labute approximate surface area is 156 Å². The van der Waals surface area contributed by atoms with E-state index < -0.39 is 18.0 Å². The number of nitrogens with zero attached hydrogens (tertiary/aromatic N) is 1. The Hall–Kier alpha value is -2.90. The van der Waals surface area contributed by atoms with Gasteiger partial charge in [-0.05, 0) is 38.2 Å². The van der Waals surface area contributed by atoms with Gasteiger partial charge in [0, 0.05) is 23.7 Å². The summed E-state index contributed by atoms with van der Waals surface area (Å²) >= 11 is 0. The van der Waals surface area contributed by atoms with Crippen molar-refractivity contribution < 1.29 is 23.6 Å². The van der Waals surface area contributed by atoms with Crippen LogP contribution in [0, 0.1) is 19.3 Å². The maximum Gasteiger partial charge on any atom is 0.355 e. The number of esters is 1. The summed E-state index contributed by atoms with van der Waals surface area (Å²) in [6.45, 7) is 8.92. The lowest BCUT2D eigenvalue weighted by molar-refractivity contribution is -0.124. The van der Waals surface area contributed by atoms with Crippen molar-refractivity contribution in [3.63, 3.8) is 0 Å². The molecule has 2 N–H and O–H groups in total. The molecule has 0 unspecified atom stereocenters. The van der Waals surface area contributed by atoms with E-state index in [1.165, 1.54) is 6.92 Å². The first-order chi connectivity index (χ1) is 12.6. The number of carbonyl (C=O) groups excluding carboxylic acids is 3. The largest absolute Gasteiger partial charge is 0.448 e. The summed E-state index contributed by atoms with van der Waals surface area (Å²) in [7, 11) is 0. The number of anilines is 1. The van der Waals surface area contributed by atoms with Crippen molar-refractivity contribution >= 4 is 23.5 Å². The molecule has 0 spiro atoms. The third kappa shape index (κ3) is 3.79. The van der Waals surface area contributed by atoms with Crippen molar-refractivity contribution in [3.8, 4) is 0 Å². The number of aryl methyl sites for hydroxylation is 1. The van der Waals surface area contributed by atoms with Crippen LogP contribution in [-0.2, 0) is 16.0 Å². The van der Waals surface area contributed by atoms with E-state index in [4.69, 9.17) is 9.26 Å². The molecule has 8 nitrogen and oxygen atoms in total. The van der Waals surface area contributed by atoms with Gasteiger partial charge in [-0.2, -0.15) is 0 Å². The van der Waals surface area contributed by atoms with E-state index in [1.807, 2.05) is 13.8 Å². The van der Waals surface area contributed by atoms with Crippen molar-refractivity contribution in [2.45, 2.75) is 53.6 Å². The monoisotopic (exact) mass is 373 g/mol. The number of nitrogens with one attached hydrogen (secondary N) is 2. The minimum absolute atomic E-state index is 0.0144. The highest BCUT2D eigenvalue weighted by atomic mass is 16.5. The van der Waals surface area contributed by atoms with Gasteiger partial charge in [0.2, 0.25) is 5.88 Å². The lowest BCUT2D eigenvalue weighted by Gasteiger charge is -2.28. The molecule has 0 radical (unpaired) electrons. The summed E-state index contributed by atoms with van der Waals surface area (Å²) in [6, 6.07) is 1.56. The molecule has 0 aromatic carbocycles. The fourth-order valence-electron chi connectivity index (χ4n) is 3.36. The number of carbonyl (C=O) groups is 3. The van der Waals surface area contributed by atoms with E-state index >= 15 is 0 Å². The molecule has 0 bridgehead atoms. The number of aromatic amines is 1. The van der Waals surface area contributed by atoms with E-state index in [0.29, 0.717) is 29.7 Å². The number of ether oxygens (including phenoxy) is 1. The Bertz CT molecular complexity index is 922. The highest BCUT2D eigenvalue weighted by Crippen LogP contribution is 2.36. The average Bonchev–Trinajstić information content (AvgIpc) is 3.09. The van der Waals surface area contributed by atoms with Gasteiger partial charge in [-0.1, -0.05) is 19.0 Å². The van der Waals surface area contributed by atoms with Crippen molar-refractivity contribution in [2.75, 3.05) is 5.32 Å². The summed E-state index contributed by atoms with van der Waals surface area (Å²) in [5, 5.41) is 6.16.